The van der Waals surface area contributed by atoms with Gasteiger partial charge in [-0.1, -0.05) is 45.0 Å². The van der Waals surface area contributed by atoms with Crippen LogP contribution in [0, 0.1) is 23.7 Å². The zero-order valence-corrected chi connectivity index (χ0v) is 13.2. The highest BCUT2D eigenvalue weighted by Gasteiger charge is 2.68. The van der Waals surface area contributed by atoms with Gasteiger partial charge in [0.2, 0.25) is 5.91 Å². The first-order chi connectivity index (χ1) is 9.64. The average Bonchev–Trinajstić information content (AvgIpc) is 2.79. The standard InChI is InChI=1S/C16H23N3O2/c1-9-7-6-8-10(11(9)13(17)19-21)18-14(20)12-15(2,3)16(12,4)5/h6-8,12,21H,1-5H3,(H2,17,19)(H,18,20). The lowest BCUT2D eigenvalue weighted by atomic mass is 10.0. The van der Waals surface area contributed by atoms with E-state index in [1.807, 2.05) is 19.1 Å². The van der Waals surface area contributed by atoms with E-state index < -0.39 is 0 Å². The first-order valence-electron chi connectivity index (χ1n) is 7.03. The zero-order valence-electron chi connectivity index (χ0n) is 13.2. The number of carbonyl (C=O) groups is 1. The summed E-state index contributed by atoms with van der Waals surface area (Å²) in [7, 11) is 0. The lowest BCUT2D eigenvalue weighted by molar-refractivity contribution is -0.118. The second-order valence-corrected chi connectivity index (χ2v) is 6.85. The zero-order chi connectivity index (χ0) is 16.0. The fourth-order valence-electron chi connectivity index (χ4n) is 3.22. The smallest absolute Gasteiger partial charge is 0.228 e. The minimum absolute atomic E-state index is 0.00211. The van der Waals surface area contributed by atoms with Crippen LogP contribution in [0.2, 0.25) is 0 Å². The van der Waals surface area contributed by atoms with Gasteiger partial charge in [0.1, 0.15) is 0 Å². The average molecular weight is 289 g/mol. The van der Waals surface area contributed by atoms with Crippen LogP contribution in [0.4, 0.5) is 5.69 Å². The minimum Gasteiger partial charge on any atom is -0.409 e. The second-order valence-electron chi connectivity index (χ2n) is 6.85. The van der Waals surface area contributed by atoms with E-state index in [1.54, 1.807) is 6.07 Å². The van der Waals surface area contributed by atoms with Crippen molar-refractivity contribution >= 4 is 17.4 Å². The molecular weight excluding hydrogens is 266 g/mol. The number of hydrogen-bond acceptors (Lipinski definition) is 3. The highest BCUT2D eigenvalue weighted by molar-refractivity contribution is 6.07. The molecule has 0 atom stereocenters. The summed E-state index contributed by atoms with van der Waals surface area (Å²) in [5.74, 6) is -0.0778. The van der Waals surface area contributed by atoms with Crippen LogP contribution in [-0.4, -0.2) is 17.0 Å². The highest BCUT2D eigenvalue weighted by Crippen LogP contribution is 2.68. The van der Waals surface area contributed by atoms with Crippen molar-refractivity contribution in [1.82, 2.24) is 0 Å². The SMILES string of the molecule is Cc1cccc(NC(=O)C2C(C)(C)C2(C)C)c1/C(N)=N/O. The maximum Gasteiger partial charge on any atom is 0.228 e. The molecule has 0 radical (unpaired) electrons. The molecule has 0 saturated heterocycles. The fraction of sp³-hybridized carbons (Fsp3) is 0.500. The summed E-state index contributed by atoms with van der Waals surface area (Å²) < 4.78 is 0. The number of nitrogens with one attached hydrogen (secondary N) is 1. The van der Waals surface area contributed by atoms with Crippen LogP contribution < -0.4 is 11.1 Å². The van der Waals surface area contributed by atoms with Crippen molar-refractivity contribution in [2.24, 2.45) is 27.6 Å². The third-order valence-electron chi connectivity index (χ3n) is 5.18. The maximum atomic E-state index is 12.5. The first-order valence-corrected chi connectivity index (χ1v) is 7.03. The minimum atomic E-state index is -0.0503. The molecule has 0 heterocycles. The monoisotopic (exact) mass is 289 g/mol. The lowest BCUT2D eigenvalue weighted by Gasteiger charge is -2.13. The summed E-state index contributed by atoms with van der Waals surface area (Å²) in [5, 5.41) is 14.9. The van der Waals surface area contributed by atoms with E-state index in [-0.39, 0.29) is 28.5 Å². The van der Waals surface area contributed by atoms with Gasteiger partial charge in [0, 0.05) is 11.5 Å². The molecule has 0 aromatic heterocycles. The molecule has 0 unspecified atom stereocenters. The van der Waals surface area contributed by atoms with Crippen molar-refractivity contribution in [1.29, 1.82) is 0 Å². The van der Waals surface area contributed by atoms with Crippen molar-refractivity contribution in [3.8, 4) is 0 Å². The Morgan fingerprint density at radius 1 is 1.29 bits per heavy atom. The summed E-state index contributed by atoms with van der Waals surface area (Å²) >= 11 is 0. The van der Waals surface area contributed by atoms with Gasteiger partial charge < -0.3 is 16.3 Å². The Kier molecular flexibility index (Phi) is 3.48. The van der Waals surface area contributed by atoms with E-state index in [4.69, 9.17) is 10.9 Å². The van der Waals surface area contributed by atoms with E-state index in [2.05, 4.69) is 38.2 Å². The van der Waals surface area contributed by atoms with Gasteiger partial charge in [0.05, 0.1) is 5.69 Å². The number of hydrogen-bond donors (Lipinski definition) is 3. The van der Waals surface area contributed by atoms with E-state index in [9.17, 15) is 4.79 Å². The maximum absolute atomic E-state index is 12.5. The number of aryl methyl sites for hydroxylation is 1. The lowest BCUT2D eigenvalue weighted by Crippen LogP contribution is -2.22. The number of rotatable bonds is 3. The summed E-state index contributed by atoms with van der Waals surface area (Å²) in [6, 6.07) is 5.46. The molecule has 114 valence electrons. The molecule has 5 nitrogen and oxygen atoms in total. The molecule has 2 rings (SSSR count). The van der Waals surface area contributed by atoms with E-state index >= 15 is 0 Å². The van der Waals surface area contributed by atoms with E-state index in [0.29, 0.717) is 11.3 Å². The molecule has 5 heteroatoms. The van der Waals surface area contributed by atoms with Gasteiger partial charge in [-0.05, 0) is 29.4 Å². The van der Waals surface area contributed by atoms with Gasteiger partial charge in [-0.3, -0.25) is 4.79 Å². The van der Waals surface area contributed by atoms with Crippen molar-refractivity contribution in [3.63, 3.8) is 0 Å². The van der Waals surface area contributed by atoms with E-state index in [0.717, 1.165) is 5.56 Å². The Morgan fingerprint density at radius 2 is 1.86 bits per heavy atom. The molecule has 1 fully saturated rings. The topological polar surface area (TPSA) is 87.7 Å². The van der Waals surface area contributed by atoms with Crippen molar-refractivity contribution in [2.75, 3.05) is 5.32 Å². The fourth-order valence-corrected chi connectivity index (χ4v) is 3.22. The normalized spacial score (nSPS) is 20.1. The Balaban J connectivity index is 2.30. The Hall–Kier alpha value is -2.04. The molecule has 4 N–H and O–H groups in total. The molecule has 1 aromatic carbocycles. The highest BCUT2D eigenvalue weighted by atomic mass is 16.4. The number of nitrogens with two attached hydrogens (primary N) is 1. The number of nitrogens with zero attached hydrogens (tertiary/aromatic N) is 1. The van der Waals surface area contributed by atoms with Crippen LogP contribution in [0.3, 0.4) is 0 Å². The van der Waals surface area contributed by atoms with Crippen molar-refractivity contribution in [3.05, 3.63) is 29.3 Å². The van der Waals surface area contributed by atoms with Crippen LogP contribution in [-0.2, 0) is 4.79 Å². The second kappa shape index (κ2) is 4.76. The molecule has 1 aromatic rings. The number of amidine groups is 1. The molecule has 1 aliphatic carbocycles. The third-order valence-corrected chi connectivity index (χ3v) is 5.18. The van der Waals surface area contributed by atoms with Gasteiger partial charge in [0.15, 0.2) is 5.84 Å². The first kappa shape index (κ1) is 15.4. The third kappa shape index (κ3) is 2.26. The van der Waals surface area contributed by atoms with Gasteiger partial charge in [-0.25, -0.2) is 0 Å². The van der Waals surface area contributed by atoms with Crippen molar-refractivity contribution in [2.45, 2.75) is 34.6 Å². The summed E-state index contributed by atoms with van der Waals surface area (Å²) in [6.45, 7) is 10.2. The Labute approximate surface area is 125 Å². The van der Waals surface area contributed by atoms with Crippen LogP contribution in [0.25, 0.3) is 0 Å². The predicted octanol–water partition coefficient (Wildman–Crippen LogP) is 2.71. The van der Waals surface area contributed by atoms with Crippen LogP contribution in [0.15, 0.2) is 23.4 Å². The Morgan fingerprint density at radius 3 is 2.33 bits per heavy atom. The number of oxime groups is 1. The molecule has 1 aliphatic rings. The molecule has 21 heavy (non-hydrogen) atoms. The van der Waals surface area contributed by atoms with Crippen LogP contribution in [0.5, 0.6) is 0 Å². The van der Waals surface area contributed by atoms with Crippen LogP contribution in [0.1, 0.15) is 38.8 Å². The van der Waals surface area contributed by atoms with Gasteiger partial charge in [-0.2, -0.15) is 0 Å². The number of benzene rings is 1. The van der Waals surface area contributed by atoms with Gasteiger partial charge in [-0.15, -0.1) is 0 Å². The molecule has 0 bridgehead atoms. The molecule has 1 amide bonds. The number of carbonyl (C=O) groups excluding carboxylic acids is 1. The summed E-state index contributed by atoms with van der Waals surface area (Å²) in [6.07, 6.45) is 0. The molecule has 1 saturated carbocycles. The summed E-state index contributed by atoms with van der Waals surface area (Å²) in [5.41, 5.74) is 7.64. The van der Waals surface area contributed by atoms with Crippen LogP contribution >= 0.6 is 0 Å². The number of anilines is 1. The number of amides is 1. The van der Waals surface area contributed by atoms with E-state index in [1.165, 1.54) is 0 Å². The Bertz CT molecular complexity index is 604. The predicted molar refractivity (Wildman–Crippen MR) is 83.4 cm³/mol. The molecular formula is C16H23N3O2. The van der Waals surface area contributed by atoms with Gasteiger partial charge in [0.25, 0.3) is 0 Å². The summed E-state index contributed by atoms with van der Waals surface area (Å²) in [4.78, 5) is 12.5. The molecule has 0 spiro atoms. The van der Waals surface area contributed by atoms with Crippen molar-refractivity contribution < 1.29 is 10.0 Å². The van der Waals surface area contributed by atoms with Gasteiger partial charge >= 0.3 is 0 Å². The quantitative estimate of drug-likeness (QED) is 0.346. The molecule has 0 aliphatic heterocycles. The largest absolute Gasteiger partial charge is 0.409 e.